The van der Waals surface area contributed by atoms with Crippen LogP contribution in [0.15, 0.2) is 54.1 Å². The molecule has 0 saturated heterocycles. The standard InChI is InChI=1S/C21H15N3O5/c1-11-18(25)12-7-8-22-16(17(12)19(26)20(11)28-2)10-29-21(27)15-9-23-13-5-3-4-6-14(13)24-15/h3-9H,10H2,1-2H3. The van der Waals surface area contributed by atoms with Gasteiger partial charge in [0.25, 0.3) is 0 Å². The maximum Gasteiger partial charge on any atom is 0.358 e. The Hall–Kier alpha value is -3.94. The van der Waals surface area contributed by atoms with Crippen molar-refractivity contribution in [1.29, 1.82) is 0 Å². The van der Waals surface area contributed by atoms with Gasteiger partial charge in [0.15, 0.2) is 17.2 Å². The lowest BCUT2D eigenvalue weighted by molar-refractivity contribution is 0.0458. The van der Waals surface area contributed by atoms with E-state index in [4.69, 9.17) is 9.47 Å². The molecule has 2 aromatic heterocycles. The summed E-state index contributed by atoms with van der Waals surface area (Å²) in [5.74, 6) is -1.55. The molecule has 1 aliphatic rings. The highest BCUT2D eigenvalue weighted by atomic mass is 16.5. The van der Waals surface area contributed by atoms with E-state index in [0.717, 1.165) is 0 Å². The number of benzene rings is 1. The highest BCUT2D eigenvalue weighted by Gasteiger charge is 2.33. The van der Waals surface area contributed by atoms with E-state index in [0.29, 0.717) is 11.0 Å². The third-order valence-corrected chi connectivity index (χ3v) is 4.59. The van der Waals surface area contributed by atoms with Crippen LogP contribution in [-0.4, -0.2) is 39.6 Å². The monoisotopic (exact) mass is 389 g/mol. The summed E-state index contributed by atoms with van der Waals surface area (Å²) >= 11 is 0. The number of carbonyl (C=O) groups excluding carboxylic acids is 3. The molecule has 1 aromatic carbocycles. The van der Waals surface area contributed by atoms with Crippen LogP contribution >= 0.6 is 0 Å². The number of nitrogens with zero attached hydrogens (tertiary/aromatic N) is 3. The molecule has 8 nitrogen and oxygen atoms in total. The quantitative estimate of drug-likeness (QED) is 0.627. The van der Waals surface area contributed by atoms with E-state index in [1.807, 2.05) is 6.07 Å². The molecule has 144 valence electrons. The van der Waals surface area contributed by atoms with Crippen molar-refractivity contribution in [2.45, 2.75) is 13.5 Å². The first-order valence-corrected chi connectivity index (χ1v) is 8.72. The molecule has 4 rings (SSSR count). The van der Waals surface area contributed by atoms with Crippen LogP contribution in [0.2, 0.25) is 0 Å². The number of fused-ring (bicyclic) bond motifs is 2. The Kier molecular flexibility index (Phi) is 4.59. The summed E-state index contributed by atoms with van der Waals surface area (Å²) in [4.78, 5) is 50.2. The summed E-state index contributed by atoms with van der Waals surface area (Å²) in [5.41, 5.74) is 1.93. The van der Waals surface area contributed by atoms with Crippen molar-refractivity contribution < 1.29 is 23.9 Å². The SMILES string of the molecule is COC1=C(C)C(=O)c2ccnc(COC(=O)c3cnc4ccccc4n3)c2C1=O. The zero-order valence-electron chi connectivity index (χ0n) is 15.6. The summed E-state index contributed by atoms with van der Waals surface area (Å²) in [6.45, 7) is 1.23. The Labute approximate surface area is 165 Å². The van der Waals surface area contributed by atoms with Gasteiger partial charge in [0, 0.05) is 17.3 Å². The van der Waals surface area contributed by atoms with Crippen molar-refractivity contribution >= 4 is 28.6 Å². The molecule has 3 aromatic rings. The van der Waals surface area contributed by atoms with Gasteiger partial charge in [0.1, 0.15) is 6.61 Å². The van der Waals surface area contributed by atoms with E-state index in [-0.39, 0.29) is 46.2 Å². The zero-order chi connectivity index (χ0) is 20.5. The van der Waals surface area contributed by atoms with Crippen LogP contribution in [0.4, 0.5) is 0 Å². The number of rotatable bonds is 4. The minimum atomic E-state index is -0.712. The number of Topliss-reactive ketones (excluding diaryl/α,β-unsaturated/α-hetero) is 2. The van der Waals surface area contributed by atoms with Crippen molar-refractivity contribution in [2.75, 3.05) is 7.11 Å². The van der Waals surface area contributed by atoms with Gasteiger partial charge in [-0.1, -0.05) is 12.1 Å². The van der Waals surface area contributed by atoms with Crippen molar-refractivity contribution in [1.82, 2.24) is 15.0 Å². The molecule has 0 amide bonds. The Morgan fingerprint density at radius 3 is 2.55 bits per heavy atom. The molecule has 0 aliphatic heterocycles. The van der Waals surface area contributed by atoms with E-state index in [1.165, 1.54) is 32.5 Å². The Morgan fingerprint density at radius 2 is 1.79 bits per heavy atom. The van der Waals surface area contributed by atoms with Crippen LogP contribution in [0.3, 0.4) is 0 Å². The molecule has 0 N–H and O–H groups in total. The molecular formula is C21H15N3O5. The first-order chi connectivity index (χ1) is 14.0. The fraction of sp³-hybridized carbons (Fsp3) is 0.143. The molecule has 0 bridgehead atoms. The second-order valence-corrected chi connectivity index (χ2v) is 6.32. The van der Waals surface area contributed by atoms with Gasteiger partial charge in [-0.25, -0.2) is 9.78 Å². The van der Waals surface area contributed by atoms with Gasteiger partial charge in [0.2, 0.25) is 5.78 Å². The molecule has 0 saturated carbocycles. The number of pyridine rings is 1. The van der Waals surface area contributed by atoms with Gasteiger partial charge in [-0.3, -0.25) is 19.6 Å². The minimum Gasteiger partial charge on any atom is -0.492 e. The summed E-state index contributed by atoms with van der Waals surface area (Å²) < 4.78 is 10.4. The van der Waals surface area contributed by atoms with Crippen LogP contribution in [-0.2, 0) is 16.1 Å². The molecule has 1 aliphatic carbocycles. The largest absolute Gasteiger partial charge is 0.492 e. The van der Waals surface area contributed by atoms with Crippen molar-refractivity contribution in [2.24, 2.45) is 0 Å². The van der Waals surface area contributed by atoms with Gasteiger partial charge < -0.3 is 9.47 Å². The number of methoxy groups -OCH3 is 1. The predicted octanol–water partition coefficient (Wildman–Crippen LogP) is 2.68. The predicted molar refractivity (Wildman–Crippen MR) is 101 cm³/mol. The molecule has 0 spiro atoms. The van der Waals surface area contributed by atoms with Gasteiger partial charge in [-0.2, -0.15) is 0 Å². The van der Waals surface area contributed by atoms with Crippen LogP contribution in [0.25, 0.3) is 11.0 Å². The summed E-state index contributed by atoms with van der Waals surface area (Å²) in [7, 11) is 1.32. The first-order valence-electron chi connectivity index (χ1n) is 8.72. The number of allylic oxidation sites excluding steroid dienone is 2. The lowest BCUT2D eigenvalue weighted by Gasteiger charge is -2.19. The third-order valence-electron chi connectivity index (χ3n) is 4.59. The summed E-state index contributed by atoms with van der Waals surface area (Å²) in [6, 6.07) is 8.59. The number of hydrogen-bond donors (Lipinski definition) is 0. The molecule has 0 fully saturated rings. The van der Waals surface area contributed by atoms with Crippen LogP contribution in [0, 0.1) is 0 Å². The molecule has 2 heterocycles. The van der Waals surface area contributed by atoms with E-state index in [2.05, 4.69) is 15.0 Å². The van der Waals surface area contributed by atoms with Crippen molar-refractivity contribution in [3.63, 3.8) is 0 Å². The Bertz CT molecular complexity index is 1220. The number of esters is 1. The summed E-state index contributed by atoms with van der Waals surface area (Å²) in [5, 5.41) is 0. The fourth-order valence-electron chi connectivity index (χ4n) is 3.16. The number of carbonyl (C=O) groups is 3. The number of ether oxygens (including phenoxy) is 2. The lowest BCUT2D eigenvalue weighted by atomic mass is 9.88. The number of para-hydroxylation sites is 2. The van der Waals surface area contributed by atoms with Gasteiger partial charge in [-0.05, 0) is 25.1 Å². The molecule has 29 heavy (non-hydrogen) atoms. The number of ketones is 2. The van der Waals surface area contributed by atoms with Gasteiger partial charge >= 0.3 is 5.97 Å². The number of hydrogen-bond acceptors (Lipinski definition) is 8. The second-order valence-electron chi connectivity index (χ2n) is 6.32. The maximum atomic E-state index is 12.7. The van der Waals surface area contributed by atoms with E-state index in [1.54, 1.807) is 18.2 Å². The van der Waals surface area contributed by atoms with Crippen LogP contribution < -0.4 is 0 Å². The minimum absolute atomic E-state index is 0.0317. The summed E-state index contributed by atoms with van der Waals surface area (Å²) in [6.07, 6.45) is 2.72. The second kappa shape index (κ2) is 7.23. The Morgan fingerprint density at radius 1 is 1.03 bits per heavy atom. The first kappa shape index (κ1) is 18.4. The van der Waals surface area contributed by atoms with E-state index < -0.39 is 11.8 Å². The third kappa shape index (κ3) is 3.14. The van der Waals surface area contributed by atoms with Gasteiger partial charge in [-0.15, -0.1) is 0 Å². The lowest BCUT2D eigenvalue weighted by Crippen LogP contribution is -2.24. The topological polar surface area (TPSA) is 108 Å². The van der Waals surface area contributed by atoms with Crippen molar-refractivity contribution in [3.05, 3.63) is 76.6 Å². The highest BCUT2D eigenvalue weighted by molar-refractivity contribution is 6.26. The smallest absolute Gasteiger partial charge is 0.358 e. The van der Waals surface area contributed by atoms with Crippen LogP contribution in [0.5, 0.6) is 0 Å². The molecule has 0 atom stereocenters. The average Bonchev–Trinajstić information content (AvgIpc) is 2.75. The average molecular weight is 389 g/mol. The van der Waals surface area contributed by atoms with Crippen LogP contribution in [0.1, 0.15) is 43.8 Å². The maximum absolute atomic E-state index is 12.7. The molecule has 0 unspecified atom stereocenters. The zero-order valence-corrected chi connectivity index (χ0v) is 15.6. The Balaban J connectivity index is 1.61. The number of aromatic nitrogens is 3. The van der Waals surface area contributed by atoms with Crippen molar-refractivity contribution in [3.8, 4) is 0 Å². The van der Waals surface area contributed by atoms with E-state index in [9.17, 15) is 14.4 Å². The molecule has 8 heteroatoms. The molecule has 0 radical (unpaired) electrons. The highest BCUT2D eigenvalue weighted by Crippen LogP contribution is 2.28. The fourth-order valence-corrected chi connectivity index (χ4v) is 3.16. The van der Waals surface area contributed by atoms with E-state index >= 15 is 0 Å². The normalized spacial score (nSPS) is 13.4. The van der Waals surface area contributed by atoms with Gasteiger partial charge in [0.05, 0.1) is 35.6 Å². The molecular weight excluding hydrogens is 374 g/mol.